The fraction of sp³-hybridized carbons (Fsp3) is 0. The molecule has 23 heavy (non-hydrogen) atoms. The third kappa shape index (κ3) is 2.31. The van der Waals surface area contributed by atoms with E-state index in [1.54, 1.807) is 36.4 Å². The van der Waals surface area contributed by atoms with E-state index in [0.717, 1.165) is 5.56 Å². The van der Waals surface area contributed by atoms with Crippen molar-refractivity contribution in [2.24, 2.45) is 0 Å². The first-order valence-electron chi connectivity index (χ1n) is 6.53. The van der Waals surface area contributed by atoms with Gasteiger partial charge in [-0.15, -0.1) is 5.53 Å². The van der Waals surface area contributed by atoms with Crippen LogP contribution in [-0.2, 0) is 0 Å². The number of aromatic nitrogens is 1. The monoisotopic (exact) mass is 334 g/mol. The maximum Gasteiger partial charge on any atom is 0.234 e. The van der Waals surface area contributed by atoms with E-state index < -0.39 is 0 Å². The molecule has 1 aromatic carbocycles. The summed E-state index contributed by atoms with van der Waals surface area (Å²) in [5.41, 5.74) is 5.05. The Morgan fingerprint density at radius 2 is 1.96 bits per heavy atom. The summed E-state index contributed by atoms with van der Waals surface area (Å²) in [6.45, 7) is 0. The minimum atomic E-state index is -0.379. The lowest BCUT2D eigenvalue weighted by Crippen LogP contribution is -2.42. The van der Waals surface area contributed by atoms with E-state index in [4.69, 9.17) is 11.6 Å². The summed E-state index contributed by atoms with van der Waals surface area (Å²) < 4.78 is 14.2. The van der Waals surface area contributed by atoms with Crippen molar-refractivity contribution in [2.75, 3.05) is 10.0 Å². The topological polar surface area (TPSA) is 83.1 Å². The second-order valence-corrected chi connectivity index (χ2v) is 5.22. The number of pyridine rings is 1. The molecule has 1 aromatic heterocycles. The molecule has 8 heteroatoms. The first-order chi connectivity index (χ1) is 10.6. The number of nitrogens with zero attached hydrogens (tertiary/aromatic N) is 3. The van der Waals surface area contributed by atoms with Crippen molar-refractivity contribution < 1.29 is 15.0 Å². The van der Waals surface area contributed by atoms with Crippen molar-refractivity contribution in [3.63, 3.8) is 0 Å². The van der Waals surface area contributed by atoms with E-state index in [1.165, 1.54) is 22.3 Å². The lowest BCUT2D eigenvalue weighted by Gasteiger charge is -2.26. The van der Waals surface area contributed by atoms with Crippen LogP contribution in [0, 0.1) is 5.82 Å². The maximum absolute atomic E-state index is 14.2. The highest BCUT2D eigenvalue weighted by atomic mass is 35.5. The molecule has 0 fully saturated rings. The van der Waals surface area contributed by atoms with Crippen molar-refractivity contribution in [1.82, 2.24) is 10.5 Å². The van der Waals surface area contributed by atoms with E-state index >= 15 is 0 Å². The zero-order valence-electron chi connectivity index (χ0n) is 11.7. The van der Waals surface area contributed by atoms with Gasteiger partial charge < -0.3 is 10.6 Å². The van der Waals surface area contributed by atoms with Gasteiger partial charge >= 0.3 is 0 Å². The molecule has 2 aliphatic rings. The van der Waals surface area contributed by atoms with Crippen LogP contribution in [0.15, 0.2) is 54.2 Å². The summed E-state index contributed by atoms with van der Waals surface area (Å²) >= 11 is 5.77. The van der Waals surface area contributed by atoms with Gasteiger partial charge in [-0.1, -0.05) is 29.8 Å². The third-order valence-corrected chi connectivity index (χ3v) is 3.74. The average molecular weight is 335 g/mol. The van der Waals surface area contributed by atoms with Crippen LogP contribution >= 0.6 is 11.6 Å². The average Bonchev–Trinajstić information content (AvgIpc) is 2.85. The molecule has 6 nitrogen and oxygen atoms in total. The number of hydrogen-bond donors (Lipinski definition) is 2. The molecule has 0 saturated heterocycles. The Labute approximate surface area is 136 Å². The van der Waals surface area contributed by atoms with Crippen molar-refractivity contribution in [1.29, 1.82) is 0 Å². The third-order valence-electron chi connectivity index (χ3n) is 3.51. The number of nitrogens with one attached hydrogen (secondary N) is 1. The predicted molar refractivity (Wildman–Crippen MR) is 86.0 cm³/mol. The molecule has 3 heterocycles. The minimum Gasteiger partial charge on any atom is -0.492 e. The van der Waals surface area contributed by atoms with Gasteiger partial charge in [0.05, 0.1) is 11.9 Å². The Hall–Kier alpha value is -2.61. The molecular formula is C15H12ClFN4O2. The zero-order chi connectivity index (χ0) is 15.3. The van der Waals surface area contributed by atoms with E-state index in [2.05, 4.69) is 10.5 Å². The SMILES string of the molecule is O.OC1=C2C=Cc3cccc(F)c3N2NN1c1ccc(Cl)nc1. The van der Waals surface area contributed by atoms with Gasteiger partial charge in [0.25, 0.3) is 0 Å². The highest BCUT2D eigenvalue weighted by Gasteiger charge is 2.34. The summed E-state index contributed by atoms with van der Waals surface area (Å²) in [4.78, 5) is 3.98. The number of allylic oxidation sites excluding steroid dienone is 1. The normalized spacial score (nSPS) is 15.4. The van der Waals surface area contributed by atoms with Crippen LogP contribution in [-0.4, -0.2) is 15.6 Å². The van der Waals surface area contributed by atoms with E-state index in [0.29, 0.717) is 22.2 Å². The van der Waals surface area contributed by atoms with Gasteiger partial charge in [0.2, 0.25) is 5.88 Å². The quantitative estimate of drug-likeness (QED) is 0.783. The second kappa shape index (κ2) is 5.54. The van der Waals surface area contributed by atoms with Gasteiger partial charge in [-0.25, -0.2) is 19.4 Å². The fourth-order valence-corrected chi connectivity index (χ4v) is 2.60. The fourth-order valence-electron chi connectivity index (χ4n) is 2.49. The Bertz CT molecular complexity index is 823. The molecule has 0 radical (unpaired) electrons. The van der Waals surface area contributed by atoms with Gasteiger partial charge in [-0.3, -0.25) is 0 Å². The van der Waals surface area contributed by atoms with Crippen LogP contribution in [0.5, 0.6) is 0 Å². The van der Waals surface area contributed by atoms with Crippen LogP contribution in [0.2, 0.25) is 5.15 Å². The van der Waals surface area contributed by atoms with Crippen LogP contribution in [0.4, 0.5) is 15.8 Å². The van der Waals surface area contributed by atoms with Crippen LogP contribution < -0.4 is 15.6 Å². The summed E-state index contributed by atoms with van der Waals surface area (Å²) in [6.07, 6.45) is 4.98. The molecular weight excluding hydrogens is 323 g/mol. The molecule has 0 aliphatic carbocycles. The second-order valence-electron chi connectivity index (χ2n) is 4.83. The number of fused-ring (bicyclic) bond motifs is 3. The largest absolute Gasteiger partial charge is 0.492 e. The highest BCUT2D eigenvalue weighted by molar-refractivity contribution is 6.29. The highest BCUT2D eigenvalue weighted by Crippen LogP contribution is 2.37. The van der Waals surface area contributed by atoms with Crippen molar-refractivity contribution >= 4 is 29.1 Å². The summed E-state index contributed by atoms with van der Waals surface area (Å²) in [5.74, 6) is -0.426. The number of hydrazine groups is 2. The number of benzene rings is 1. The van der Waals surface area contributed by atoms with Gasteiger partial charge in [-0.2, -0.15) is 0 Å². The minimum absolute atomic E-state index is 0. The number of halogens is 2. The van der Waals surface area contributed by atoms with Gasteiger partial charge in [0.1, 0.15) is 22.4 Å². The number of aliphatic hydroxyl groups is 1. The Morgan fingerprint density at radius 3 is 2.70 bits per heavy atom. The zero-order valence-corrected chi connectivity index (χ0v) is 12.4. The smallest absolute Gasteiger partial charge is 0.234 e. The number of para-hydroxylation sites is 1. The first-order valence-corrected chi connectivity index (χ1v) is 6.91. The molecule has 0 saturated carbocycles. The van der Waals surface area contributed by atoms with E-state index in [1.807, 2.05) is 0 Å². The molecule has 0 bridgehead atoms. The molecule has 2 aliphatic heterocycles. The van der Waals surface area contributed by atoms with Crippen LogP contribution in [0.3, 0.4) is 0 Å². The number of anilines is 2. The number of rotatable bonds is 1. The lowest BCUT2D eigenvalue weighted by atomic mass is 10.1. The predicted octanol–water partition coefficient (Wildman–Crippen LogP) is 2.55. The van der Waals surface area contributed by atoms with E-state index in [-0.39, 0.29) is 17.2 Å². The van der Waals surface area contributed by atoms with Gasteiger partial charge in [0, 0.05) is 5.56 Å². The molecule has 4 N–H and O–H groups in total. The molecule has 0 amide bonds. The molecule has 0 spiro atoms. The molecule has 0 unspecified atom stereocenters. The Balaban J connectivity index is 0.00000156. The maximum atomic E-state index is 14.2. The van der Waals surface area contributed by atoms with Crippen LogP contribution in [0.1, 0.15) is 5.56 Å². The van der Waals surface area contributed by atoms with E-state index in [9.17, 15) is 9.50 Å². The summed E-state index contributed by atoms with van der Waals surface area (Å²) in [6, 6.07) is 8.13. The Morgan fingerprint density at radius 1 is 1.13 bits per heavy atom. The van der Waals surface area contributed by atoms with Crippen molar-refractivity contribution in [2.45, 2.75) is 0 Å². The summed E-state index contributed by atoms with van der Waals surface area (Å²) in [5, 5.41) is 13.6. The standard InChI is InChI=1S/C15H10ClFN4O.H2O/c16-13-7-5-10(8-18-13)20-15(22)12-6-4-9-2-1-3-11(17)14(9)21(12)19-20;/h1-8,19,22H;1H2. The van der Waals surface area contributed by atoms with Crippen molar-refractivity contribution in [3.8, 4) is 0 Å². The number of hydrogen-bond acceptors (Lipinski definition) is 5. The Kier molecular flexibility index (Phi) is 3.69. The molecule has 4 rings (SSSR count). The molecule has 118 valence electrons. The summed E-state index contributed by atoms with van der Waals surface area (Å²) in [7, 11) is 0. The van der Waals surface area contributed by atoms with Gasteiger partial charge in [-0.05, 0) is 24.3 Å². The van der Waals surface area contributed by atoms with Gasteiger partial charge in [0.15, 0.2) is 0 Å². The first kappa shape index (κ1) is 15.3. The number of aliphatic hydroxyl groups excluding tert-OH is 1. The van der Waals surface area contributed by atoms with Crippen molar-refractivity contribution in [3.05, 3.63) is 70.7 Å². The lowest BCUT2D eigenvalue weighted by molar-refractivity contribution is 0.388. The molecule has 0 atom stereocenters. The molecule has 2 aromatic rings. The van der Waals surface area contributed by atoms with Crippen LogP contribution in [0.25, 0.3) is 6.08 Å².